The van der Waals surface area contributed by atoms with Gasteiger partial charge >= 0.3 is 12.3 Å². The van der Waals surface area contributed by atoms with E-state index in [0.717, 1.165) is 23.5 Å². The Morgan fingerprint density at radius 3 is 2.17 bits per heavy atom. The summed E-state index contributed by atoms with van der Waals surface area (Å²) in [6, 6.07) is 14.7. The minimum absolute atomic E-state index is 0.0774. The lowest BCUT2D eigenvalue weighted by Crippen LogP contribution is -2.26. The molecule has 0 radical (unpaired) electrons. The van der Waals surface area contributed by atoms with Crippen LogP contribution in [-0.4, -0.2) is 36.0 Å². The van der Waals surface area contributed by atoms with Gasteiger partial charge in [0.25, 0.3) is 0 Å². The molecule has 0 spiro atoms. The second-order valence-corrected chi connectivity index (χ2v) is 10.2. The summed E-state index contributed by atoms with van der Waals surface area (Å²) >= 11 is 0.909. The number of alkyl halides is 3. The lowest BCUT2D eigenvalue weighted by molar-refractivity contribution is -0.274. The normalized spacial score (nSPS) is 16.6. The molecule has 2 heterocycles. The third kappa shape index (κ3) is 6.30. The van der Waals surface area contributed by atoms with Crippen molar-refractivity contribution in [3.8, 4) is 16.9 Å². The van der Waals surface area contributed by atoms with Crippen molar-refractivity contribution < 1.29 is 41.0 Å². The summed E-state index contributed by atoms with van der Waals surface area (Å²) in [6.45, 7) is 0. The molecule has 0 saturated heterocycles. The summed E-state index contributed by atoms with van der Waals surface area (Å²) in [7, 11) is 1.22. The third-order valence-corrected chi connectivity index (χ3v) is 7.37. The van der Waals surface area contributed by atoms with E-state index in [0.29, 0.717) is 16.7 Å². The molecular formula is C29H20F5N3O4S. The highest BCUT2D eigenvalue weighted by molar-refractivity contribution is 7.17. The zero-order valence-electron chi connectivity index (χ0n) is 21.6. The maximum atomic E-state index is 14.6. The van der Waals surface area contributed by atoms with Gasteiger partial charge in [-0.2, -0.15) is 0 Å². The number of ether oxygens (including phenoxy) is 2. The highest BCUT2D eigenvalue weighted by atomic mass is 32.1. The van der Waals surface area contributed by atoms with Crippen LogP contribution in [0.5, 0.6) is 5.75 Å². The average Bonchev–Trinajstić information content (AvgIpc) is 3.60. The minimum Gasteiger partial charge on any atom is -0.465 e. The second-order valence-electron chi connectivity index (χ2n) is 9.13. The lowest BCUT2D eigenvalue weighted by atomic mass is 9.90. The number of anilines is 1. The predicted molar refractivity (Wildman–Crippen MR) is 144 cm³/mol. The molecule has 0 fully saturated rings. The molecule has 216 valence electrons. The molecule has 1 aliphatic rings. The van der Waals surface area contributed by atoms with Gasteiger partial charge in [-0.05, 0) is 41.0 Å². The summed E-state index contributed by atoms with van der Waals surface area (Å²) in [5.41, 5.74) is 1.60. The van der Waals surface area contributed by atoms with Crippen LogP contribution >= 0.6 is 11.3 Å². The van der Waals surface area contributed by atoms with E-state index in [1.54, 1.807) is 24.3 Å². The van der Waals surface area contributed by atoms with Crippen molar-refractivity contribution >= 4 is 34.1 Å². The number of thiazole rings is 1. The Balaban J connectivity index is 1.42. The quantitative estimate of drug-likeness (QED) is 0.183. The fraction of sp³-hybridized carbons (Fsp3) is 0.172. The molecule has 1 amide bonds. The molecule has 1 aromatic heterocycles. The predicted octanol–water partition coefficient (Wildman–Crippen LogP) is 6.96. The largest absolute Gasteiger partial charge is 0.573 e. The van der Waals surface area contributed by atoms with Crippen LogP contribution in [0.3, 0.4) is 0 Å². The van der Waals surface area contributed by atoms with Crippen LogP contribution < -0.4 is 10.1 Å². The summed E-state index contributed by atoms with van der Waals surface area (Å²) < 4.78 is 75.2. The smallest absolute Gasteiger partial charge is 0.465 e. The zero-order chi connectivity index (χ0) is 30.0. The summed E-state index contributed by atoms with van der Waals surface area (Å²) in [4.78, 5) is 33.9. The van der Waals surface area contributed by atoms with E-state index < -0.39 is 41.8 Å². The number of amides is 1. The van der Waals surface area contributed by atoms with Crippen molar-refractivity contribution in [3.63, 3.8) is 0 Å². The Hall–Kier alpha value is -4.65. The first-order valence-corrected chi connectivity index (χ1v) is 13.2. The molecule has 13 heteroatoms. The number of benzene rings is 3. The van der Waals surface area contributed by atoms with Crippen LogP contribution in [0.15, 0.2) is 77.9 Å². The van der Waals surface area contributed by atoms with Crippen LogP contribution in [0.25, 0.3) is 11.1 Å². The lowest BCUT2D eigenvalue weighted by Gasteiger charge is -2.18. The number of rotatable bonds is 7. The van der Waals surface area contributed by atoms with E-state index in [2.05, 4.69) is 24.8 Å². The molecule has 2 atom stereocenters. The van der Waals surface area contributed by atoms with Gasteiger partial charge in [-0.3, -0.25) is 9.79 Å². The molecule has 0 bridgehead atoms. The van der Waals surface area contributed by atoms with E-state index >= 15 is 0 Å². The molecule has 42 heavy (non-hydrogen) atoms. The second kappa shape index (κ2) is 11.7. The Kier molecular flexibility index (Phi) is 8.03. The first-order valence-electron chi connectivity index (χ1n) is 12.3. The summed E-state index contributed by atoms with van der Waals surface area (Å²) in [5, 5.41) is 2.79. The Bertz CT molecular complexity index is 1630. The Morgan fingerprint density at radius 2 is 1.57 bits per heavy atom. The van der Waals surface area contributed by atoms with Gasteiger partial charge < -0.3 is 14.8 Å². The first kappa shape index (κ1) is 28.9. The van der Waals surface area contributed by atoms with Crippen LogP contribution in [-0.2, 0) is 9.53 Å². The monoisotopic (exact) mass is 601 g/mol. The highest BCUT2D eigenvalue weighted by Crippen LogP contribution is 2.39. The Morgan fingerprint density at radius 1 is 0.952 bits per heavy atom. The number of halogens is 5. The van der Waals surface area contributed by atoms with Crippen molar-refractivity contribution in [3.05, 3.63) is 101 Å². The van der Waals surface area contributed by atoms with Crippen LogP contribution in [0.1, 0.15) is 33.3 Å². The van der Waals surface area contributed by atoms with Crippen molar-refractivity contribution in [1.82, 2.24) is 4.98 Å². The third-order valence-electron chi connectivity index (χ3n) is 6.47. The Labute approximate surface area is 239 Å². The van der Waals surface area contributed by atoms with Gasteiger partial charge in [0.05, 0.1) is 30.8 Å². The fourth-order valence-electron chi connectivity index (χ4n) is 4.56. The van der Waals surface area contributed by atoms with Crippen LogP contribution in [0.4, 0.5) is 27.1 Å². The average molecular weight is 602 g/mol. The number of hydrogen-bond acceptors (Lipinski definition) is 7. The van der Waals surface area contributed by atoms with Crippen molar-refractivity contribution in [2.24, 2.45) is 10.9 Å². The molecule has 4 aromatic rings. The summed E-state index contributed by atoms with van der Waals surface area (Å²) in [5.74, 6) is -4.01. The molecule has 3 aromatic carbocycles. The highest BCUT2D eigenvalue weighted by Gasteiger charge is 2.38. The number of aliphatic imine (C=N–C) groups is 1. The first-order chi connectivity index (χ1) is 20.0. The van der Waals surface area contributed by atoms with Crippen molar-refractivity contribution in [1.29, 1.82) is 0 Å². The van der Waals surface area contributed by atoms with Crippen LogP contribution in [0, 0.1) is 17.6 Å². The van der Waals surface area contributed by atoms with Crippen molar-refractivity contribution in [2.75, 3.05) is 12.4 Å². The molecule has 7 nitrogen and oxygen atoms in total. The number of carbonyl (C=O) groups excluding carboxylic acids is 2. The topological polar surface area (TPSA) is 89.9 Å². The van der Waals surface area contributed by atoms with Gasteiger partial charge in [0.15, 0.2) is 5.13 Å². The van der Waals surface area contributed by atoms with Gasteiger partial charge in [0.2, 0.25) is 5.91 Å². The van der Waals surface area contributed by atoms with Gasteiger partial charge in [-0.15, -0.1) is 13.2 Å². The molecule has 1 aliphatic heterocycles. The number of hydrogen-bond donors (Lipinski definition) is 1. The number of esters is 1. The van der Waals surface area contributed by atoms with Gasteiger partial charge in [0, 0.05) is 12.1 Å². The molecule has 0 aliphatic carbocycles. The maximum Gasteiger partial charge on any atom is 0.573 e. The standard InChI is InChI=1S/C29H20F5N3O4S/c1-40-27(39)23-14-35-28(42-23)37-26(38)19-13-22(24-20(30)3-2-4-21(24)31)36-25(19)17-7-5-15(6-8-17)16-9-11-18(12-10-16)41-29(32,33)34/h2-12,14,19,25H,13H2,1H3,(H,35,37,38)/t19-,25?/m0/s1. The number of carbonyl (C=O) groups is 2. The fourth-order valence-corrected chi connectivity index (χ4v) is 5.30. The van der Waals surface area contributed by atoms with Gasteiger partial charge in [-0.1, -0.05) is 53.8 Å². The van der Waals surface area contributed by atoms with Crippen LogP contribution in [0.2, 0.25) is 0 Å². The number of methoxy groups -OCH3 is 1. The molecule has 5 rings (SSSR count). The zero-order valence-corrected chi connectivity index (χ0v) is 22.4. The van der Waals surface area contributed by atoms with Gasteiger partial charge in [-0.25, -0.2) is 18.6 Å². The number of nitrogens with one attached hydrogen (secondary N) is 1. The van der Waals surface area contributed by atoms with Crippen molar-refractivity contribution in [2.45, 2.75) is 18.8 Å². The van der Waals surface area contributed by atoms with E-state index in [1.807, 2.05) is 0 Å². The van der Waals surface area contributed by atoms with Gasteiger partial charge in [0.1, 0.15) is 22.3 Å². The maximum absolute atomic E-state index is 14.6. The molecular weight excluding hydrogens is 581 g/mol. The van der Waals surface area contributed by atoms with E-state index in [1.165, 1.54) is 43.6 Å². The molecule has 0 saturated carbocycles. The summed E-state index contributed by atoms with van der Waals surface area (Å²) in [6.07, 6.45) is -3.62. The SMILES string of the molecule is COC(=O)c1cnc(NC(=O)[C@H]2CC(c3c(F)cccc3F)=NC2c2ccc(-c3ccc(OC(F)(F)F)cc3)cc2)s1. The van der Waals surface area contributed by atoms with E-state index in [-0.39, 0.29) is 33.5 Å². The number of nitrogens with zero attached hydrogens (tertiary/aromatic N) is 2. The van der Waals surface area contributed by atoms with E-state index in [9.17, 15) is 31.5 Å². The number of aromatic nitrogens is 1. The molecule has 1 unspecified atom stereocenters. The minimum atomic E-state index is -4.80. The van der Waals surface area contributed by atoms with E-state index in [4.69, 9.17) is 0 Å². The molecule has 1 N–H and O–H groups in total.